The van der Waals surface area contributed by atoms with Gasteiger partial charge in [-0.1, -0.05) is 29.3 Å². The summed E-state index contributed by atoms with van der Waals surface area (Å²) in [4.78, 5) is 2.46. The quantitative estimate of drug-likeness (QED) is 0.653. The van der Waals surface area contributed by atoms with Crippen LogP contribution in [0.3, 0.4) is 0 Å². The van der Waals surface area contributed by atoms with E-state index in [-0.39, 0.29) is 0 Å². The summed E-state index contributed by atoms with van der Waals surface area (Å²) in [6.07, 6.45) is 3.44. The normalized spacial score (nSPS) is 16.2. The molecule has 0 amide bonds. The molecule has 2 atom stereocenters. The lowest BCUT2D eigenvalue weighted by atomic mass is 10.1. The average Bonchev–Trinajstić information content (AvgIpc) is 2.14. The number of halogens is 1. The smallest absolute Gasteiger partial charge is 0.0155 e. The lowest BCUT2D eigenvalue weighted by Gasteiger charge is -2.27. The van der Waals surface area contributed by atoms with Gasteiger partial charge in [0, 0.05) is 23.7 Å². The highest BCUT2D eigenvalue weighted by atomic mass is 79.9. The second-order valence-corrected chi connectivity index (χ2v) is 5.23. The summed E-state index contributed by atoms with van der Waals surface area (Å²) in [5.41, 5.74) is 0. The molecule has 0 aromatic heterocycles. The first-order chi connectivity index (χ1) is 6.15. The van der Waals surface area contributed by atoms with Gasteiger partial charge in [0.25, 0.3) is 0 Å². The van der Waals surface area contributed by atoms with Gasteiger partial charge in [-0.3, -0.25) is 0 Å². The number of alkyl halides is 1. The number of rotatable bonds is 7. The standard InChI is InChI=1S/C10H22BrNS/c1-5-10(6-11)7-12(3)9(2)8-13-4/h9-10H,5-8H2,1-4H3. The fourth-order valence-corrected chi connectivity index (χ4v) is 2.64. The highest BCUT2D eigenvalue weighted by molar-refractivity contribution is 9.09. The lowest BCUT2D eigenvalue weighted by molar-refractivity contribution is 0.240. The SMILES string of the molecule is CCC(CBr)CN(C)C(C)CSC. The van der Waals surface area contributed by atoms with Crippen LogP contribution in [-0.2, 0) is 0 Å². The van der Waals surface area contributed by atoms with E-state index in [4.69, 9.17) is 0 Å². The predicted molar refractivity (Wildman–Crippen MR) is 68.0 cm³/mol. The van der Waals surface area contributed by atoms with Gasteiger partial charge >= 0.3 is 0 Å². The van der Waals surface area contributed by atoms with Crippen LogP contribution in [0, 0.1) is 5.92 Å². The van der Waals surface area contributed by atoms with Gasteiger partial charge in [0.1, 0.15) is 0 Å². The van der Waals surface area contributed by atoms with Crippen molar-refractivity contribution in [2.24, 2.45) is 5.92 Å². The van der Waals surface area contributed by atoms with Gasteiger partial charge in [0.15, 0.2) is 0 Å². The molecule has 0 aliphatic heterocycles. The van der Waals surface area contributed by atoms with Gasteiger partial charge < -0.3 is 4.90 Å². The van der Waals surface area contributed by atoms with Crippen LogP contribution in [0.5, 0.6) is 0 Å². The Bertz CT molecular complexity index is 117. The van der Waals surface area contributed by atoms with E-state index in [1.807, 2.05) is 11.8 Å². The van der Waals surface area contributed by atoms with E-state index in [0.29, 0.717) is 6.04 Å². The summed E-state index contributed by atoms with van der Waals surface area (Å²) in [5, 5.41) is 1.12. The number of nitrogens with zero attached hydrogens (tertiary/aromatic N) is 1. The van der Waals surface area contributed by atoms with Gasteiger partial charge in [-0.2, -0.15) is 11.8 Å². The molecule has 0 aliphatic rings. The summed E-state index contributed by atoms with van der Waals surface area (Å²) >= 11 is 5.49. The Hall–Kier alpha value is 0.790. The molecule has 80 valence electrons. The molecule has 0 N–H and O–H groups in total. The van der Waals surface area contributed by atoms with E-state index in [0.717, 1.165) is 11.2 Å². The molecule has 0 bridgehead atoms. The van der Waals surface area contributed by atoms with Crippen molar-refractivity contribution < 1.29 is 0 Å². The van der Waals surface area contributed by atoms with E-state index in [1.165, 1.54) is 18.7 Å². The molecule has 13 heavy (non-hydrogen) atoms. The van der Waals surface area contributed by atoms with Crippen LogP contribution in [0.25, 0.3) is 0 Å². The molecule has 0 heterocycles. The van der Waals surface area contributed by atoms with Crippen molar-refractivity contribution in [3.8, 4) is 0 Å². The fourth-order valence-electron chi connectivity index (χ4n) is 1.24. The van der Waals surface area contributed by atoms with Crippen molar-refractivity contribution in [3.05, 3.63) is 0 Å². The molecule has 0 aromatic carbocycles. The van der Waals surface area contributed by atoms with E-state index in [9.17, 15) is 0 Å². The molecule has 0 saturated heterocycles. The molecule has 0 aromatic rings. The van der Waals surface area contributed by atoms with Gasteiger partial charge in [0.05, 0.1) is 0 Å². The van der Waals surface area contributed by atoms with E-state index in [2.05, 4.69) is 48.0 Å². The Morgan fingerprint density at radius 3 is 2.46 bits per heavy atom. The highest BCUT2D eigenvalue weighted by Gasteiger charge is 2.12. The summed E-state index contributed by atoms with van der Waals surface area (Å²) in [5.74, 6) is 2.03. The fraction of sp³-hybridized carbons (Fsp3) is 1.00. The highest BCUT2D eigenvalue weighted by Crippen LogP contribution is 2.11. The Balaban J connectivity index is 3.75. The van der Waals surface area contributed by atoms with Crippen molar-refractivity contribution in [2.75, 3.05) is 30.9 Å². The zero-order chi connectivity index (χ0) is 10.3. The molecule has 0 spiro atoms. The maximum absolute atomic E-state index is 3.56. The molecule has 0 radical (unpaired) electrons. The Morgan fingerprint density at radius 2 is 2.08 bits per heavy atom. The summed E-state index contributed by atoms with van der Waals surface area (Å²) in [6, 6.07) is 0.697. The molecule has 0 fully saturated rings. The zero-order valence-electron chi connectivity index (χ0n) is 9.22. The minimum atomic E-state index is 0.697. The van der Waals surface area contributed by atoms with Crippen LogP contribution in [0.15, 0.2) is 0 Å². The molecule has 3 heteroatoms. The number of thioether (sulfide) groups is 1. The Kier molecular flexibility index (Phi) is 8.62. The van der Waals surface area contributed by atoms with Crippen LogP contribution in [-0.4, -0.2) is 41.9 Å². The maximum atomic E-state index is 3.56. The van der Waals surface area contributed by atoms with Gasteiger partial charge in [-0.25, -0.2) is 0 Å². The Morgan fingerprint density at radius 1 is 1.46 bits per heavy atom. The molecule has 2 unspecified atom stereocenters. The molecule has 0 aliphatic carbocycles. The molecule has 1 nitrogen and oxygen atoms in total. The first kappa shape index (κ1) is 13.8. The summed E-state index contributed by atoms with van der Waals surface area (Å²) < 4.78 is 0. The third kappa shape index (κ3) is 5.97. The van der Waals surface area contributed by atoms with Crippen LogP contribution in [0.4, 0.5) is 0 Å². The van der Waals surface area contributed by atoms with Crippen LogP contribution >= 0.6 is 27.7 Å². The van der Waals surface area contributed by atoms with Crippen LogP contribution in [0.2, 0.25) is 0 Å². The van der Waals surface area contributed by atoms with E-state index >= 15 is 0 Å². The topological polar surface area (TPSA) is 3.24 Å². The first-order valence-electron chi connectivity index (χ1n) is 4.90. The van der Waals surface area contributed by atoms with Gasteiger partial charge in [0.2, 0.25) is 0 Å². The second kappa shape index (κ2) is 8.13. The van der Waals surface area contributed by atoms with Crippen molar-refractivity contribution >= 4 is 27.7 Å². The minimum absolute atomic E-state index is 0.697. The zero-order valence-corrected chi connectivity index (χ0v) is 11.6. The van der Waals surface area contributed by atoms with Gasteiger partial charge in [-0.15, -0.1) is 0 Å². The van der Waals surface area contributed by atoms with E-state index < -0.39 is 0 Å². The van der Waals surface area contributed by atoms with Crippen molar-refractivity contribution in [3.63, 3.8) is 0 Å². The maximum Gasteiger partial charge on any atom is 0.0155 e. The van der Waals surface area contributed by atoms with Crippen molar-refractivity contribution in [2.45, 2.75) is 26.3 Å². The van der Waals surface area contributed by atoms with Gasteiger partial charge in [-0.05, 0) is 26.1 Å². The molecular formula is C10H22BrNS. The summed E-state index contributed by atoms with van der Waals surface area (Å²) in [6.45, 7) is 5.78. The van der Waals surface area contributed by atoms with Crippen molar-refractivity contribution in [1.82, 2.24) is 4.90 Å². The number of hydrogen-bond donors (Lipinski definition) is 0. The predicted octanol–water partition coefficient (Wildman–Crippen LogP) is 3.09. The first-order valence-corrected chi connectivity index (χ1v) is 7.42. The Labute approximate surface area is 95.8 Å². The lowest BCUT2D eigenvalue weighted by Crippen LogP contribution is -2.35. The van der Waals surface area contributed by atoms with Crippen molar-refractivity contribution in [1.29, 1.82) is 0 Å². The largest absolute Gasteiger partial charge is 0.303 e. The monoisotopic (exact) mass is 267 g/mol. The van der Waals surface area contributed by atoms with Crippen LogP contribution in [0.1, 0.15) is 20.3 Å². The summed E-state index contributed by atoms with van der Waals surface area (Å²) in [7, 11) is 2.23. The third-order valence-corrected chi connectivity index (χ3v) is 4.23. The average molecular weight is 268 g/mol. The third-order valence-electron chi connectivity index (χ3n) is 2.50. The second-order valence-electron chi connectivity index (χ2n) is 3.67. The van der Waals surface area contributed by atoms with Crippen LogP contribution < -0.4 is 0 Å². The molecule has 0 saturated carbocycles. The molecule has 0 rings (SSSR count). The van der Waals surface area contributed by atoms with E-state index in [1.54, 1.807) is 0 Å². The molecular weight excluding hydrogens is 246 g/mol. The minimum Gasteiger partial charge on any atom is -0.303 e. The number of hydrogen-bond acceptors (Lipinski definition) is 2.